The topological polar surface area (TPSA) is 61.5 Å². The molecule has 1 aromatic heterocycles. The van der Waals surface area contributed by atoms with Crippen LogP contribution in [0.2, 0.25) is 0 Å². The molecule has 1 aromatic carbocycles. The number of carbonyl (C=O) groups is 1. The van der Waals surface area contributed by atoms with E-state index in [1.54, 1.807) is 0 Å². The highest BCUT2D eigenvalue weighted by molar-refractivity contribution is 6.05. The summed E-state index contributed by atoms with van der Waals surface area (Å²) in [6, 6.07) is 6.74. The van der Waals surface area contributed by atoms with Gasteiger partial charge in [-0.05, 0) is 44.0 Å². The third kappa shape index (κ3) is 2.05. The second kappa shape index (κ2) is 4.71. The summed E-state index contributed by atoms with van der Waals surface area (Å²) in [4.78, 5) is 17.0. The Morgan fingerprint density at radius 1 is 1.35 bits per heavy atom. The normalized spacial score (nSPS) is 26.6. The molecular weight excluding hydrogens is 292 g/mol. The molecule has 2 atom stereocenters. The number of ether oxygens (including phenoxy) is 1. The SMILES string of the molecule is CN1CC2C1CN2C(=O)c1n[nH]c2ccc(OCC3CC3)cc12. The van der Waals surface area contributed by atoms with Crippen LogP contribution in [0.5, 0.6) is 5.75 Å². The Hall–Kier alpha value is -2.08. The molecule has 3 aliphatic rings. The maximum atomic E-state index is 12.8. The number of H-pyrrole nitrogens is 1. The molecule has 2 unspecified atom stereocenters. The van der Waals surface area contributed by atoms with E-state index in [0.29, 0.717) is 23.7 Å². The van der Waals surface area contributed by atoms with Gasteiger partial charge in [-0.3, -0.25) is 14.8 Å². The summed E-state index contributed by atoms with van der Waals surface area (Å²) in [5.74, 6) is 1.57. The first-order chi connectivity index (χ1) is 11.2. The molecule has 120 valence electrons. The Kier molecular flexibility index (Phi) is 2.74. The van der Waals surface area contributed by atoms with Crippen molar-refractivity contribution in [2.45, 2.75) is 24.9 Å². The van der Waals surface area contributed by atoms with Crippen LogP contribution in [0, 0.1) is 5.92 Å². The molecule has 2 saturated heterocycles. The van der Waals surface area contributed by atoms with E-state index < -0.39 is 0 Å². The van der Waals surface area contributed by atoms with Crippen LogP contribution in [0.4, 0.5) is 0 Å². The van der Waals surface area contributed by atoms with Crippen molar-refractivity contribution in [2.75, 3.05) is 26.7 Å². The highest BCUT2D eigenvalue weighted by atomic mass is 16.5. The van der Waals surface area contributed by atoms with Gasteiger partial charge in [-0.15, -0.1) is 0 Å². The van der Waals surface area contributed by atoms with Gasteiger partial charge in [-0.25, -0.2) is 0 Å². The number of carbonyl (C=O) groups excluding carboxylic acids is 1. The Balaban J connectivity index is 1.39. The molecule has 1 saturated carbocycles. The van der Waals surface area contributed by atoms with Gasteiger partial charge < -0.3 is 9.64 Å². The summed E-state index contributed by atoms with van der Waals surface area (Å²) in [6.45, 7) is 2.55. The van der Waals surface area contributed by atoms with E-state index in [0.717, 1.165) is 36.3 Å². The molecule has 2 aromatic rings. The van der Waals surface area contributed by atoms with E-state index in [1.165, 1.54) is 12.8 Å². The molecule has 6 nitrogen and oxygen atoms in total. The Labute approximate surface area is 134 Å². The zero-order chi connectivity index (χ0) is 15.6. The van der Waals surface area contributed by atoms with Crippen molar-refractivity contribution in [1.29, 1.82) is 0 Å². The summed E-state index contributed by atoms with van der Waals surface area (Å²) < 4.78 is 5.83. The van der Waals surface area contributed by atoms with Crippen molar-refractivity contribution in [3.05, 3.63) is 23.9 Å². The van der Waals surface area contributed by atoms with Crippen molar-refractivity contribution >= 4 is 16.8 Å². The van der Waals surface area contributed by atoms with Gasteiger partial charge in [0.2, 0.25) is 0 Å². The first-order valence-electron chi connectivity index (χ1n) is 8.33. The number of amides is 1. The van der Waals surface area contributed by atoms with E-state index in [4.69, 9.17) is 4.74 Å². The number of nitrogens with one attached hydrogen (secondary N) is 1. The fourth-order valence-electron chi connectivity index (χ4n) is 3.59. The summed E-state index contributed by atoms with van der Waals surface area (Å²) >= 11 is 0. The highest BCUT2D eigenvalue weighted by Crippen LogP contribution is 2.34. The average molecular weight is 312 g/mol. The number of likely N-dealkylation sites (N-methyl/N-ethyl adjacent to an activating group) is 1. The summed E-state index contributed by atoms with van der Waals surface area (Å²) in [6.07, 6.45) is 2.54. The van der Waals surface area contributed by atoms with Crippen LogP contribution in [0.25, 0.3) is 10.9 Å². The molecule has 2 aliphatic heterocycles. The second-order valence-electron chi connectivity index (χ2n) is 7.07. The minimum Gasteiger partial charge on any atom is -0.493 e. The molecule has 23 heavy (non-hydrogen) atoms. The molecule has 1 amide bonds. The zero-order valence-electron chi connectivity index (χ0n) is 13.2. The lowest BCUT2D eigenvalue weighted by atomic mass is 9.86. The first kappa shape index (κ1) is 13.4. The Morgan fingerprint density at radius 3 is 2.91 bits per heavy atom. The van der Waals surface area contributed by atoms with Gasteiger partial charge in [0.25, 0.3) is 5.91 Å². The second-order valence-corrected chi connectivity index (χ2v) is 7.07. The van der Waals surface area contributed by atoms with Crippen LogP contribution in [-0.2, 0) is 0 Å². The number of rotatable bonds is 4. The predicted octanol–water partition coefficient (Wildman–Crippen LogP) is 1.49. The van der Waals surface area contributed by atoms with Crippen LogP contribution >= 0.6 is 0 Å². The van der Waals surface area contributed by atoms with Gasteiger partial charge in [0.15, 0.2) is 5.69 Å². The van der Waals surface area contributed by atoms with Gasteiger partial charge in [0.05, 0.1) is 18.2 Å². The third-order valence-electron chi connectivity index (χ3n) is 5.45. The molecule has 0 spiro atoms. The van der Waals surface area contributed by atoms with Crippen molar-refractivity contribution in [2.24, 2.45) is 5.92 Å². The monoisotopic (exact) mass is 312 g/mol. The largest absolute Gasteiger partial charge is 0.493 e. The van der Waals surface area contributed by atoms with Crippen LogP contribution in [0.1, 0.15) is 23.3 Å². The van der Waals surface area contributed by atoms with Gasteiger partial charge in [0.1, 0.15) is 5.75 Å². The van der Waals surface area contributed by atoms with Crippen molar-refractivity contribution < 1.29 is 9.53 Å². The molecule has 1 aliphatic carbocycles. The average Bonchev–Trinajstić information content (AvgIpc) is 3.28. The fourth-order valence-corrected chi connectivity index (χ4v) is 3.59. The number of fused-ring (bicyclic) bond motifs is 2. The van der Waals surface area contributed by atoms with Crippen LogP contribution in [-0.4, -0.2) is 64.7 Å². The third-order valence-corrected chi connectivity index (χ3v) is 5.45. The van der Waals surface area contributed by atoms with E-state index in [2.05, 4.69) is 22.1 Å². The van der Waals surface area contributed by atoms with Gasteiger partial charge >= 0.3 is 0 Å². The lowest BCUT2D eigenvalue weighted by molar-refractivity contribution is -0.0887. The van der Waals surface area contributed by atoms with Crippen LogP contribution in [0.3, 0.4) is 0 Å². The molecule has 5 rings (SSSR count). The van der Waals surface area contributed by atoms with Crippen LogP contribution < -0.4 is 4.74 Å². The lowest BCUT2D eigenvalue weighted by Gasteiger charge is -2.60. The first-order valence-corrected chi connectivity index (χ1v) is 8.33. The predicted molar refractivity (Wildman–Crippen MR) is 85.6 cm³/mol. The van der Waals surface area contributed by atoms with Gasteiger partial charge in [-0.1, -0.05) is 0 Å². The van der Waals surface area contributed by atoms with Gasteiger partial charge in [-0.2, -0.15) is 5.10 Å². The summed E-state index contributed by atoms with van der Waals surface area (Å²) in [7, 11) is 2.11. The molecule has 3 fully saturated rings. The molecule has 1 N–H and O–H groups in total. The van der Waals surface area contributed by atoms with Crippen LogP contribution in [0.15, 0.2) is 18.2 Å². The van der Waals surface area contributed by atoms with E-state index in [1.807, 2.05) is 23.1 Å². The molecule has 6 heteroatoms. The lowest BCUT2D eigenvalue weighted by Crippen LogP contribution is -2.78. The Morgan fingerprint density at radius 2 is 2.22 bits per heavy atom. The number of aromatic nitrogens is 2. The van der Waals surface area contributed by atoms with E-state index in [9.17, 15) is 4.79 Å². The highest BCUT2D eigenvalue weighted by Gasteiger charge is 2.52. The number of piperazine rings is 1. The molecule has 0 bridgehead atoms. The number of hydrogen-bond donors (Lipinski definition) is 1. The van der Waals surface area contributed by atoms with Crippen molar-refractivity contribution in [3.8, 4) is 5.75 Å². The van der Waals surface area contributed by atoms with Gasteiger partial charge in [0, 0.05) is 24.5 Å². The smallest absolute Gasteiger partial charge is 0.275 e. The summed E-state index contributed by atoms with van der Waals surface area (Å²) in [5.41, 5.74) is 1.40. The number of nitrogens with zero attached hydrogens (tertiary/aromatic N) is 3. The standard InChI is InChI=1S/C17H20N4O2/c1-20-7-15-14(20)8-21(15)17(22)16-12-6-11(23-9-10-2-3-10)4-5-13(12)18-19-16/h4-6,10,14-15H,2-3,7-9H2,1H3,(H,18,19). The minimum absolute atomic E-state index is 0.0324. The molecule has 0 radical (unpaired) electrons. The molecular formula is C17H20N4O2. The number of aromatic amines is 1. The zero-order valence-corrected chi connectivity index (χ0v) is 13.2. The van der Waals surface area contributed by atoms with E-state index >= 15 is 0 Å². The Bertz CT molecular complexity index is 782. The van der Waals surface area contributed by atoms with Crippen molar-refractivity contribution in [1.82, 2.24) is 20.0 Å². The number of benzene rings is 1. The quantitative estimate of drug-likeness (QED) is 0.929. The number of hydrogen-bond acceptors (Lipinski definition) is 4. The summed E-state index contributed by atoms with van der Waals surface area (Å²) in [5, 5.41) is 8.09. The number of likely N-dealkylation sites (tertiary alicyclic amines) is 2. The maximum Gasteiger partial charge on any atom is 0.275 e. The van der Waals surface area contributed by atoms with E-state index in [-0.39, 0.29) is 5.91 Å². The maximum absolute atomic E-state index is 12.8. The van der Waals surface area contributed by atoms with Crippen molar-refractivity contribution in [3.63, 3.8) is 0 Å². The fraction of sp³-hybridized carbons (Fsp3) is 0.529. The minimum atomic E-state index is 0.0324. The molecule has 3 heterocycles.